The Kier molecular flexibility index (Phi) is 4.33. The highest BCUT2D eigenvalue weighted by Crippen LogP contribution is 2.21. The van der Waals surface area contributed by atoms with Crippen molar-refractivity contribution in [3.8, 4) is 0 Å². The number of anilines is 1. The van der Waals surface area contributed by atoms with E-state index in [1.54, 1.807) is 10.8 Å². The molecule has 3 aromatic rings. The van der Waals surface area contributed by atoms with Gasteiger partial charge in [0.25, 0.3) is 0 Å². The van der Waals surface area contributed by atoms with Crippen LogP contribution in [-0.4, -0.2) is 62.0 Å². The lowest BCUT2D eigenvalue weighted by atomic mass is 10.1. The maximum absolute atomic E-state index is 10.5. The molecular weight excluding hydrogens is 316 g/mol. The molecule has 2 atom stereocenters. The number of aliphatic hydroxyl groups excluding tert-OH is 1. The van der Waals surface area contributed by atoms with Gasteiger partial charge in [0.2, 0.25) is 0 Å². The summed E-state index contributed by atoms with van der Waals surface area (Å²) in [5.41, 5.74) is 1.72. The van der Waals surface area contributed by atoms with Crippen molar-refractivity contribution >= 4 is 11.5 Å². The Balaban J connectivity index is 1.41. The molecule has 7 nitrogen and oxygen atoms in total. The number of aromatic nitrogens is 4. The first kappa shape index (κ1) is 16.0. The van der Waals surface area contributed by atoms with E-state index in [-0.39, 0.29) is 0 Å². The predicted octanol–water partition coefficient (Wildman–Crippen LogP) is 1.37. The first-order valence-corrected chi connectivity index (χ1v) is 8.60. The number of benzene rings is 1. The van der Waals surface area contributed by atoms with E-state index in [9.17, 15) is 5.11 Å². The second-order valence-electron chi connectivity index (χ2n) is 6.55. The van der Waals surface area contributed by atoms with Crippen molar-refractivity contribution < 1.29 is 5.11 Å². The van der Waals surface area contributed by atoms with Crippen molar-refractivity contribution in [1.82, 2.24) is 24.7 Å². The molecule has 0 saturated carbocycles. The fourth-order valence-corrected chi connectivity index (χ4v) is 3.44. The van der Waals surface area contributed by atoms with Gasteiger partial charge in [0.1, 0.15) is 12.1 Å². The smallest absolute Gasteiger partial charge is 0.177 e. The minimum Gasteiger partial charge on any atom is -0.387 e. The van der Waals surface area contributed by atoms with Gasteiger partial charge in [0, 0.05) is 32.2 Å². The third kappa shape index (κ3) is 3.33. The summed E-state index contributed by atoms with van der Waals surface area (Å²) in [6.07, 6.45) is 1.17. The van der Waals surface area contributed by atoms with Crippen LogP contribution in [0.4, 0.5) is 5.82 Å². The van der Waals surface area contributed by atoms with E-state index >= 15 is 0 Å². The standard InChI is InChI=1S/C18H22N6O/c1-14-11-22(12-16(25)15-5-3-2-4-6-15)9-10-23(14)18-8-7-17-20-19-13-24(17)21-18/h2-8,13-14,16,25H,9-12H2,1H3/t14-,16+/m1/s1. The van der Waals surface area contributed by atoms with E-state index in [2.05, 4.69) is 32.0 Å². The fraction of sp³-hybridized carbons (Fsp3) is 0.389. The lowest BCUT2D eigenvalue weighted by Gasteiger charge is -2.41. The number of rotatable bonds is 4. The van der Waals surface area contributed by atoms with Gasteiger partial charge in [-0.2, -0.15) is 4.52 Å². The van der Waals surface area contributed by atoms with E-state index in [4.69, 9.17) is 0 Å². The Labute approximate surface area is 146 Å². The summed E-state index contributed by atoms with van der Waals surface area (Å²) in [6.45, 7) is 5.52. The molecule has 1 aliphatic rings. The van der Waals surface area contributed by atoms with Gasteiger partial charge in [0.05, 0.1) is 6.10 Å². The SMILES string of the molecule is C[C@@H]1CN(C[C@H](O)c2ccccc2)CCN1c1ccc2nncn2n1. The van der Waals surface area contributed by atoms with Crippen LogP contribution in [0.1, 0.15) is 18.6 Å². The summed E-state index contributed by atoms with van der Waals surface area (Å²) in [5.74, 6) is 0.933. The molecule has 2 aromatic heterocycles. The van der Waals surface area contributed by atoms with Gasteiger partial charge in [0.15, 0.2) is 5.65 Å². The lowest BCUT2D eigenvalue weighted by Crippen LogP contribution is -2.53. The van der Waals surface area contributed by atoms with Crippen molar-refractivity contribution in [2.75, 3.05) is 31.1 Å². The van der Waals surface area contributed by atoms with Crippen molar-refractivity contribution in [2.45, 2.75) is 19.1 Å². The number of piperazine rings is 1. The molecule has 0 unspecified atom stereocenters. The monoisotopic (exact) mass is 338 g/mol. The average molecular weight is 338 g/mol. The number of nitrogens with zero attached hydrogens (tertiary/aromatic N) is 6. The summed E-state index contributed by atoms with van der Waals surface area (Å²) < 4.78 is 1.70. The summed E-state index contributed by atoms with van der Waals surface area (Å²) in [4.78, 5) is 4.61. The Hall–Kier alpha value is -2.51. The van der Waals surface area contributed by atoms with Gasteiger partial charge in [-0.3, -0.25) is 4.90 Å². The van der Waals surface area contributed by atoms with Crippen LogP contribution in [-0.2, 0) is 0 Å². The molecule has 1 fully saturated rings. The Bertz CT molecular complexity index is 836. The van der Waals surface area contributed by atoms with E-state index in [0.29, 0.717) is 12.6 Å². The molecule has 25 heavy (non-hydrogen) atoms. The first-order chi connectivity index (χ1) is 12.2. The van der Waals surface area contributed by atoms with Crippen LogP contribution in [0.3, 0.4) is 0 Å². The fourth-order valence-electron chi connectivity index (χ4n) is 3.44. The average Bonchev–Trinajstić information content (AvgIpc) is 3.10. The van der Waals surface area contributed by atoms with E-state index in [1.807, 2.05) is 42.5 Å². The highest BCUT2D eigenvalue weighted by molar-refractivity contribution is 5.46. The van der Waals surface area contributed by atoms with Crippen LogP contribution in [0.2, 0.25) is 0 Å². The van der Waals surface area contributed by atoms with Gasteiger partial charge in [-0.1, -0.05) is 30.3 Å². The van der Waals surface area contributed by atoms with Crippen molar-refractivity contribution in [1.29, 1.82) is 0 Å². The molecular formula is C18H22N6O. The number of β-amino-alcohol motifs (C(OH)–C–C–N with tert-alkyl or cyclic N) is 1. The topological polar surface area (TPSA) is 69.8 Å². The maximum Gasteiger partial charge on any atom is 0.177 e. The summed E-state index contributed by atoms with van der Waals surface area (Å²) in [5, 5.41) is 22.9. The number of hydrogen-bond donors (Lipinski definition) is 1. The maximum atomic E-state index is 10.5. The quantitative estimate of drug-likeness (QED) is 0.775. The molecule has 0 aliphatic carbocycles. The summed E-state index contributed by atoms with van der Waals surface area (Å²) >= 11 is 0. The van der Waals surface area contributed by atoms with Crippen molar-refractivity contribution in [2.24, 2.45) is 0 Å². The molecule has 7 heteroatoms. The van der Waals surface area contributed by atoms with Gasteiger partial charge in [-0.05, 0) is 24.6 Å². The van der Waals surface area contributed by atoms with E-state index < -0.39 is 6.10 Å². The molecule has 130 valence electrons. The third-order valence-electron chi connectivity index (χ3n) is 4.77. The molecule has 0 spiro atoms. The third-order valence-corrected chi connectivity index (χ3v) is 4.77. The lowest BCUT2D eigenvalue weighted by molar-refractivity contribution is 0.102. The van der Waals surface area contributed by atoms with E-state index in [0.717, 1.165) is 36.7 Å². The normalized spacial score (nSPS) is 20.1. The molecule has 3 heterocycles. The largest absolute Gasteiger partial charge is 0.387 e. The van der Waals surface area contributed by atoms with Crippen LogP contribution in [0, 0.1) is 0 Å². The molecule has 1 aliphatic heterocycles. The van der Waals surface area contributed by atoms with Crippen molar-refractivity contribution in [3.05, 3.63) is 54.4 Å². The Morgan fingerprint density at radius 3 is 2.80 bits per heavy atom. The van der Waals surface area contributed by atoms with Gasteiger partial charge < -0.3 is 10.0 Å². The van der Waals surface area contributed by atoms with Crippen LogP contribution < -0.4 is 4.90 Å². The molecule has 1 aromatic carbocycles. The van der Waals surface area contributed by atoms with Crippen LogP contribution in [0.5, 0.6) is 0 Å². The van der Waals surface area contributed by atoms with Crippen LogP contribution in [0.15, 0.2) is 48.8 Å². The predicted molar refractivity (Wildman–Crippen MR) is 95.4 cm³/mol. The molecule has 0 amide bonds. The Morgan fingerprint density at radius 2 is 2.00 bits per heavy atom. The van der Waals surface area contributed by atoms with E-state index in [1.165, 1.54) is 0 Å². The zero-order valence-corrected chi connectivity index (χ0v) is 14.2. The zero-order chi connectivity index (χ0) is 17.2. The van der Waals surface area contributed by atoms with Crippen LogP contribution >= 0.6 is 0 Å². The molecule has 4 rings (SSSR count). The zero-order valence-electron chi connectivity index (χ0n) is 14.2. The van der Waals surface area contributed by atoms with Crippen molar-refractivity contribution in [3.63, 3.8) is 0 Å². The van der Waals surface area contributed by atoms with Gasteiger partial charge in [-0.25, -0.2) is 0 Å². The second-order valence-corrected chi connectivity index (χ2v) is 6.55. The summed E-state index contributed by atoms with van der Waals surface area (Å²) in [7, 11) is 0. The minimum absolute atomic E-state index is 0.318. The number of aliphatic hydroxyl groups is 1. The van der Waals surface area contributed by atoms with Crippen LogP contribution in [0.25, 0.3) is 5.65 Å². The van der Waals surface area contributed by atoms with Gasteiger partial charge in [-0.15, -0.1) is 15.3 Å². The second kappa shape index (κ2) is 6.78. The first-order valence-electron chi connectivity index (χ1n) is 8.60. The highest BCUT2D eigenvalue weighted by atomic mass is 16.3. The highest BCUT2D eigenvalue weighted by Gasteiger charge is 2.26. The molecule has 0 bridgehead atoms. The van der Waals surface area contributed by atoms with Gasteiger partial charge >= 0.3 is 0 Å². The molecule has 1 saturated heterocycles. The minimum atomic E-state index is -0.452. The molecule has 0 radical (unpaired) electrons. The number of fused-ring (bicyclic) bond motifs is 1. The summed E-state index contributed by atoms with van der Waals surface area (Å²) in [6, 6.07) is 14.1. The number of hydrogen-bond acceptors (Lipinski definition) is 6. The molecule has 1 N–H and O–H groups in total. The Morgan fingerprint density at radius 1 is 1.16 bits per heavy atom.